The first kappa shape index (κ1) is 16.4. The first-order valence-electron chi connectivity index (χ1n) is 8.45. The van der Waals surface area contributed by atoms with E-state index in [0.717, 1.165) is 5.56 Å². The lowest BCUT2D eigenvalue weighted by Gasteiger charge is -2.48. The van der Waals surface area contributed by atoms with Gasteiger partial charge in [-0.3, -0.25) is 0 Å². The molecule has 1 aromatic carbocycles. The quantitative estimate of drug-likeness (QED) is 0.843. The monoisotopic (exact) mass is 336 g/mol. The van der Waals surface area contributed by atoms with E-state index in [1.807, 2.05) is 51.1 Å². The molecule has 3 aliphatic heterocycles. The highest BCUT2D eigenvalue weighted by molar-refractivity contribution is 5.13. The molecule has 6 unspecified atom stereocenters. The third-order valence-electron chi connectivity index (χ3n) is 4.56. The maximum absolute atomic E-state index is 6.09. The van der Waals surface area contributed by atoms with Gasteiger partial charge >= 0.3 is 0 Å². The van der Waals surface area contributed by atoms with Gasteiger partial charge in [0.15, 0.2) is 18.4 Å². The molecule has 3 saturated heterocycles. The molecule has 24 heavy (non-hydrogen) atoms. The second-order valence-electron chi connectivity index (χ2n) is 6.90. The Morgan fingerprint density at radius 3 is 2.58 bits per heavy atom. The van der Waals surface area contributed by atoms with Crippen molar-refractivity contribution in [1.29, 1.82) is 0 Å². The third-order valence-corrected chi connectivity index (χ3v) is 4.56. The first-order chi connectivity index (χ1) is 11.5. The van der Waals surface area contributed by atoms with Crippen LogP contribution in [0.15, 0.2) is 30.3 Å². The number of hydrogen-bond acceptors (Lipinski definition) is 6. The molecule has 0 radical (unpaired) electrons. The minimum absolute atomic E-state index is 0.220. The molecule has 3 heterocycles. The van der Waals surface area contributed by atoms with Crippen molar-refractivity contribution in [2.24, 2.45) is 0 Å². The van der Waals surface area contributed by atoms with Crippen molar-refractivity contribution in [3.8, 4) is 0 Å². The zero-order valence-electron chi connectivity index (χ0n) is 14.2. The number of rotatable bonds is 3. The van der Waals surface area contributed by atoms with E-state index in [-0.39, 0.29) is 30.7 Å². The number of ether oxygens (including phenoxy) is 6. The van der Waals surface area contributed by atoms with Gasteiger partial charge < -0.3 is 28.4 Å². The van der Waals surface area contributed by atoms with Gasteiger partial charge in [0.1, 0.15) is 24.4 Å². The number of fused-ring (bicyclic) bond motifs is 3. The summed E-state index contributed by atoms with van der Waals surface area (Å²) in [5.41, 5.74) is 1.09. The molecule has 3 aliphatic rings. The van der Waals surface area contributed by atoms with Crippen LogP contribution in [0.1, 0.15) is 26.3 Å². The molecule has 6 heteroatoms. The van der Waals surface area contributed by atoms with Crippen LogP contribution in [0.3, 0.4) is 0 Å². The van der Waals surface area contributed by atoms with Gasteiger partial charge in [-0.2, -0.15) is 0 Å². The topological polar surface area (TPSA) is 55.4 Å². The number of benzene rings is 1. The Balaban J connectivity index is 1.48. The average Bonchev–Trinajstić information content (AvgIpc) is 2.95. The highest BCUT2D eigenvalue weighted by Crippen LogP contribution is 2.39. The molecular formula is C18H24O6. The van der Waals surface area contributed by atoms with E-state index >= 15 is 0 Å². The largest absolute Gasteiger partial charge is 0.348 e. The summed E-state index contributed by atoms with van der Waals surface area (Å²) in [7, 11) is 0. The van der Waals surface area contributed by atoms with Crippen LogP contribution >= 0.6 is 0 Å². The minimum Gasteiger partial charge on any atom is -0.348 e. The van der Waals surface area contributed by atoms with Gasteiger partial charge in [0.05, 0.1) is 13.2 Å². The van der Waals surface area contributed by atoms with Crippen LogP contribution < -0.4 is 0 Å². The maximum Gasteiger partial charge on any atom is 0.187 e. The summed E-state index contributed by atoms with van der Waals surface area (Å²) in [5, 5.41) is 0. The lowest BCUT2D eigenvalue weighted by atomic mass is 9.97. The Morgan fingerprint density at radius 1 is 1.04 bits per heavy atom. The molecule has 0 N–H and O–H groups in total. The molecule has 6 nitrogen and oxygen atoms in total. The van der Waals surface area contributed by atoms with E-state index in [0.29, 0.717) is 13.2 Å². The fourth-order valence-corrected chi connectivity index (χ4v) is 3.46. The highest BCUT2D eigenvalue weighted by atomic mass is 16.8. The van der Waals surface area contributed by atoms with E-state index in [2.05, 4.69) is 0 Å². The van der Waals surface area contributed by atoms with Crippen molar-refractivity contribution in [2.75, 3.05) is 6.61 Å². The van der Waals surface area contributed by atoms with Crippen molar-refractivity contribution in [1.82, 2.24) is 0 Å². The predicted octanol–water partition coefficient (Wildman–Crippen LogP) is 2.21. The summed E-state index contributed by atoms with van der Waals surface area (Å²) < 4.78 is 35.7. The summed E-state index contributed by atoms with van der Waals surface area (Å²) in [5.74, 6) is -0.651. The van der Waals surface area contributed by atoms with Crippen LogP contribution in [-0.2, 0) is 35.0 Å². The highest BCUT2D eigenvalue weighted by Gasteiger charge is 2.56. The van der Waals surface area contributed by atoms with Crippen LogP contribution in [0, 0.1) is 0 Å². The fourth-order valence-electron chi connectivity index (χ4n) is 3.46. The Bertz CT molecular complexity index is 562. The van der Waals surface area contributed by atoms with E-state index in [4.69, 9.17) is 28.4 Å². The minimum atomic E-state index is -0.651. The lowest BCUT2D eigenvalue weighted by molar-refractivity contribution is -0.371. The first-order valence-corrected chi connectivity index (χ1v) is 8.45. The van der Waals surface area contributed by atoms with Gasteiger partial charge in [-0.1, -0.05) is 30.3 Å². The molecule has 0 spiro atoms. The molecule has 0 saturated carbocycles. The van der Waals surface area contributed by atoms with E-state index in [1.54, 1.807) is 0 Å². The molecular weight excluding hydrogens is 312 g/mol. The molecule has 4 rings (SSSR count). The van der Waals surface area contributed by atoms with Gasteiger partial charge in [0.2, 0.25) is 0 Å². The van der Waals surface area contributed by atoms with Gasteiger partial charge in [0.25, 0.3) is 0 Å². The van der Waals surface area contributed by atoms with Crippen LogP contribution in [0.5, 0.6) is 0 Å². The normalized spacial score (nSPS) is 40.8. The Morgan fingerprint density at radius 2 is 1.79 bits per heavy atom. The molecule has 3 fully saturated rings. The predicted molar refractivity (Wildman–Crippen MR) is 84.0 cm³/mol. The van der Waals surface area contributed by atoms with Crippen LogP contribution in [0.4, 0.5) is 0 Å². The fraction of sp³-hybridized carbons (Fsp3) is 0.667. The van der Waals surface area contributed by atoms with Crippen molar-refractivity contribution in [2.45, 2.75) is 70.2 Å². The summed E-state index contributed by atoms with van der Waals surface area (Å²) in [6, 6.07) is 10.00. The van der Waals surface area contributed by atoms with Gasteiger partial charge in [-0.25, -0.2) is 0 Å². The summed E-state index contributed by atoms with van der Waals surface area (Å²) in [4.78, 5) is 0. The van der Waals surface area contributed by atoms with Gasteiger partial charge in [-0.05, 0) is 26.3 Å². The summed E-state index contributed by atoms with van der Waals surface area (Å²) >= 11 is 0. The SMILES string of the molecule is CC1OC2C(OCc3ccccc3)OC3COC(C)(C)OC3C2O1. The smallest absolute Gasteiger partial charge is 0.187 e. The van der Waals surface area contributed by atoms with E-state index < -0.39 is 12.1 Å². The zero-order valence-corrected chi connectivity index (χ0v) is 14.2. The van der Waals surface area contributed by atoms with Crippen LogP contribution in [-0.4, -0.2) is 49.4 Å². The van der Waals surface area contributed by atoms with Crippen LogP contribution in [0.25, 0.3) is 0 Å². The van der Waals surface area contributed by atoms with Crippen molar-refractivity contribution < 1.29 is 28.4 Å². The molecule has 0 aromatic heterocycles. The third kappa shape index (κ3) is 3.22. The molecule has 132 valence electrons. The van der Waals surface area contributed by atoms with Crippen LogP contribution in [0.2, 0.25) is 0 Å². The molecule has 6 atom stereocenters. The zero-order chi connectivity index (χ0) is 16.7. The molecule has 0 bridgehead atoms. The second-order valence-corrected chi connectivity index (χ2v) is 6.90. The van der Waals surface area contributed by atoms with Crippen molar-refractivity contribution in [3.63, 3.8) is 0 Å². The second kappa shape index (κ2) is 6.37. The van der Waals surface area contributed by atoms with Gasteiger partial charge in [0, 0.05) is 0 Å². The van der Waals surface area contributed by atoms with E-state index in [9.17, 15) is 0 Å². The molecule has 0 amide bonds. The number of hydrogen-bond donors (Lipinski definition) is 0. The van der Waals surface area contributed by atoms with Gasteiger partial charge in [-0.15, -0.1) is 0 Å². The molecule has 0 aliphatic carbocycles. The standard InChI is InChI=1S/C18H24O6/c1-11-21-15-14-13(10-20-18(2,3)24-14)23-17(16(15)22-11)19-9-12-7-5-4-6-8-12/h4-8,11,13-17H,9-10H2,1-3H3. The average molecular weight is 336 g/mol. The lowest BCUT2D eigenvalue weighted by Crippen LogP contribution is -2.63. The van der Waals surface area contributed by atoms with Crippen molar-refractivity contribution in [3.05, 3.63) is 35.9 Å². The molecule has 1 aromatic rings. The summed E-state index contributed by atoms with van der Waals surface area (Å²) in [6.07, 6.45) is -1.79. The Kier molecular flexibility index (Phi) is 4.36. The Hall–Kier alpha value is -1.02. The van der Waals surface area contributed by atoms with E-state index in [1.165, 1.54) is 0 Å². The Labute approximate surface area is 141 Å². The van der Waals surface area contributed by atoms with Crippen molar-refractivity contribution >= 4 is 0 Å². The maximum atomic E-state index is 6.09. The summed E-state index contributed by atoms with van der Waals surface area (Å²) in [6.45, 7) is 6.58.